The van der Waals surface area contributed by atoms with Crippen LogP contribution in [-0.4, -0.2) is 16.0 Å². The first-order valence-electron chi connectivity index (χ1n) is 9.18. The highest BCUT2D eigenvalue weighted by atomic mass is 16.1. The van der Waals surface area contributed by atoms with Gasteiger partial charge in [-0.15, -0.1) is 0 Å². The molecule has 0 amide bonds. The largest absolute Gasteiger partial charge is 0.380 e. The molecule has 5 rings (SSSR count). The van der Waals surface area contributed by atoms with Gasteiger partial charge in [0.05, 0.1) is 23.0 Å². The fraction of sp³-hybridized carbons (Fsp3) is 0.130. The van der Waals surface area contributed by atoms with Crippen LogP contribution in [0, 0.1) is 0 Å². The third-order valence-corrected chi connectivity index (χ3v) is 5.19. The zero-order chi connectivity index (χ0) is 18.2. The molecule has 2 N–H and O–H groups in total. The summed E-state index contributed by atoms with van der Waals surface area (Å²) in [5, 5.41) is 4.14. The Kier molecular flexibility index (Phi) is 3.75. The maximum absolute atomic E-state index is 12.7. The monoisotopic (exact) mass is 353 g/mol. The van der Waals surface area contributed by atoms with Crippen molar-refractivity contribution in [2.24, 2.45) is 0 Å². The Bertz CT molecular complexity index is 1160. The summed E-state index contributed by atoms with van der Waals surface area (Å²) in [6.45, 7) is 0. The van der Waals surface area contributed by atoms with Crippen molar-refractivity contribution >= 4 is 16.7 Å². The maximum atomic E-state index is 12.7. The number of benzene rings is 2. The lowest BCUT2D eigenvalue weighted by Crippen LogP contribution is -2.19. The third-order valence-electron chi connectivity index (χ3n) is 5.19. The van der Waals surface area contributed by atoms with Crippen LogP contribution in [-0.2, 0) is 12.8 Å². The van der Waals surface area contributed by atoms with Gasteiger partial charge >= 0.3 is 0 Å². The van der Waals surface area contributed by atoms with Gasteiger partial charge in [0.1, 0.15) is 5.65 Å². The molecule has 0 aliphatic heterocycles. The van der Waals surface area contributed by atoms with Gasteiger partial charge in [0.25, 0.3) is 0 Å². The average molecular weight is 353 g/mol. The van der Waals surface area contributed by atoms with Crippen LogP contribution in [0.3, 0.4) is 0 Å². The summed E-state index contributed by atoms with van der Waals surface area (Å²) in [5.74, 6) is 0. The zero-order valence-corrected chi connectivity index (χ0v) is 14.8. The Morgan fingerprint density at radius 1 is 0.926 bits per heavy atom. The second-order valence-corrected chi connectivity index (χ2v) is 7.05. The van der Waals surface area contributed by atoms with E-state index in [9.17, 15) is 4.79 Å². The Balaban J connectivity index is 1.45. The Morgan fingerprint density at radius 2 is 1.63 bits per heavy atom. The summed E-state index contributed by atoms with van der Waals surface area (Å²) < 4.78 is 0. The summed E-state index contributed by atoms with van der Waals surface area (Å²) >= 11 is 0. The molecule has 0 atom stereocenters. The number of fused-ring (bicyclic) bond motifs is 2. The van der Waals surface area contributed by atoms with E-state index >= 15 is 0 Å². The van der Waals surface area contributed by atoms with Gasteiger partial charge in [-0.1, -0.05) is 54.6 Å². The van der Waals surface area contributed by atoms with Crippen LogP contribution in [0.5, 0.6) is 0 Å². The highest BCUT2D eigenvalue weighted by Gasteiger charge is 2.20. The molecule has 132 valence electrons. The molecule has 4 heteroatoms. The summed E-state index contributed by atoms with van der Waals surface area (Å²) in [5.41, 5.74) is 6.04. The van der Waals surface area contributed by atoms with Gasteiger partial charge < -0.3 is 10.3 Å². The fourth-order valence-electron chi connectivity index (χ4n) is 3.87. The summed E-state index contributed by atoms with van der Waals surface area (Å²) in [7, 11) is 0. The fourth-order valence-corrected chi connectivity index (χ4v) is 3.87. The lowest BCUT2D eigenvalue weighted by Gasteiger charge is -2.14. The number of aromatic amines is 1. The number of H-pyrrole nitrogens is 1. The number of hydrogen-bond donors (Lipinski definition) is 2. The predicted octanol–water partition coefficient (Wildman–Crippen LogP) is 4.17. The number of rotatable bonds is 3. The molecular weight excluding hydrogens is 334 g/mol. The Hall–Kier alpha value is -3.40. The van der Waals surface area contributed by atoms with Crippen molar-refractivity contribution in [3.05, 3.63) is 94.3 Å². The molecule has 0 saturated heterocycles. The molecule has 2 aromatic heterocycles. The first-order valence-corrected chi connectivity index (χ1v) is 9.18. The van der Waals surface area contributed by atoms with E-state index in [0.29, 0.717) is 17.1 Å². The topological polar surface area (TPSA) is 57.8 Å². The van der Waals surface area contributed by atoms with Gasteiger partial charge in [0.2, 0.25) is 0 Å². The van der Waals surface area contributed by atoms with Crippen LogP contribution in [0.2, 0.25) is 0 Å². The minimum atomic E-state index is -0.0199. The lowest BCUT2D eigenvalue weighted by atomic mass is 10.1. The number of aromatic nitrogens is 2. The van der Waals surface area contributed by atoms with Crippen molar-refractivity contribution < 1.29 is 0 Å². The molecule has 0 spiro atoms. The van der Waals surface area contributed by atoms with Gasteiger partial charge in [0.15, 0.2) is 5.43 Å². The quantitative estimate of drug-likeness (QED) is 0.581. The molecule has 4 nitrogen and oxygen atoms in total. The second kappa shape index (κ2) is 6.40. The minimum Gasteiger partial charge on any atom is -0.380 e. The molecule has 1 aliphatic carbocycles. The van der Waals surface area contributed by atoms with E-state index in [0.717, 1.165) is 29.8 Å². The molecule has 0 fully saturated rings. The Labute approximate surface area is 156 Å². The predicted molar refractivity (Wildman–Crippen MR) is 109 cm³/mol. The summed E-state index contributed by atoms with van der Waals surface area (Å²) in [6.07, 6.45) is 3.80. The first-order chi connectivity index (χ1) is 13.3. The highest BCUT2D eigenvalue weighted by Crippen LogP contribution is 2.25. The molecular formula is C23H19N3O. The first kappa shape index (κ1) is 15.8. The average Bonchev–Trinajstić information content (AvgIpc) is 3.11. The minimum absolute atomic E-state index is 0.0199. The van der Waals surface area contributed by atoms with Gasteiger partial charge in [0, 0.05) is 12.1 Å². The number of anilines is 1. The van der Waals surface area contributed by atoms with E-state index < -0.39 is 0 Å². The molecule has 0 unspecified atom stereocenters. The van der Waals surface area contributed by atoms with Crippen LogP contribution >= 0.6 is 0 Å². The molecule has 4 aromatic rings. The number of pyridine rings is 2. The molecule has 2 heterocycles. The van der Waals surface area contributed by atoms with E-state index in [1.54, 1.807) is 12.3 Å². The van der Waals surface area contributed by atoms with Gasteiger partial charge in [-0.25, -0.2) is 4.98 Å². The van der Waals surface area contributed by atoms with Gasteiger partial charge in [-0.3, -0.25) is 4.79 Å². The molecule has 0 bridgehead atoms. The maximum Gasteiger partial charge on any atom is 0.191 e. The zero-order valence-electron chi connectivity index (χ0n) is 14.8. The van der Waals surface area contributed by atoms with Crippen LogP contribution in [0.4, 0.5) is 5.69 Å². The third kappa shape index (κ3) is 2.99. The van der Waals surface area contributed by atoms with Crippen molar-refractivity contribution in [2.75, 3.05) is 5.32 Å². The summed E-state index contributed by atoms with van der Waals surface area (Å²) in [6, 6.07) is 22.3. The van der Waals surface area contributed by atoms with Gasteiger partial charge in [-0.2, -0.15) is 0 Å². The van der Waals surface area contributed by atoms with Crippen molar-refractivity contribution in [2.45, 2.75) is 18.9 Å². The van der Waals surface area contributed by atoms with Crippen molar-refractivity contribution in [1.82, 2.24) is 9.97 Å². The van der Waals surface area contributed by atoms with Crippen LogP contribution in [0.1, 0.15) is 11.1 Å². The van der Waals surface area contributed by atoms with Crippen LogP contribution in [0.25, 0.3) is 22.3 Å². The van der Waals surface area contributed by atoms with Crippen molar-refractivity contribution in [1.29, 1.82) is 0 Å². The Morgan fingerprint density at radius 3 is 2.37 bits per heavy atom. The van der Waals surface area contributed by atoms with E-state index in [1.165, 1.54) is 11.1 Å². The van der Waals surface area contributed by atoms with Gasteiger partial charge in [-0.05, 0) is 35.6 Å². The molecule has 1 aliphatic rings. The van der Waals surface area contributed by atoms with E-state index in [1.807, 2.05) is 36.4 Å². The van der Waals surface area contributed by atoms with E-state index in [-0.39, 0.29) is 5.43 Å². The molecule has 2 aromatic carbocycles. The van der Waals surface area contributed by atoms with E-state index in [4.69, 9.17) is 0 Å². The number of hydrogen-bond acceptors (Lipinski definition) is 3. The van der Waals surface area contributed by atoms with Crippen molar-refractivity contribution in [3.63, 3.8) is 0 Å². The van der Waals surface area contributed by atoms with Crippen molar-refractivity contribution in [3.8, 4) is 11.3 Å². The van der Waals surface area contributed by atoms with Crippen LogP contribution in [0.15, 0.2) is 77.7 Å². The smallest absolute Gasteiger partial charge is 0.191 e. The molecule has 27 heavy (non-hydrogen) atoms. The standard InChI is InChI=1S/C23H19N3O/c27-22-13-21(15-6-2-1-3-7-15)26-23-20(22)12-19(14-24-23)25-18-10-16-8-4-5-9-17(16)11-18/h1-9,12-14,18,25H,10-11H2,(H,24,26,27). The normalized spacial score (nSPS) is 13.6. The molecule has 0 radical (unpaired) electrons. The highest BCUT2D eigenvalue weighted by molar-refractivity contribution is 5.81. The SMILES string of the molecule is O=c1cc(-c2ccccc2)[nH]c2ncc(NC3Cc4ccccc4C3)cc12. The summed E-state index contributed by atoms with van der Waals surface area (Å²) in [4.78, 5) is 20.4. The number of nitrogens with zero attached hydrogens (tertiary/aromatic N) is 1. The lowest BCUT2D eigenvalue weighted by molar-refractivity contribution is 0.774. The molecule has 0 saturated carbocycles. The second-order valence-electron chi connectivity index (χ2n) is 7.05. The van der Waals surface area contributed by atoms with E-state index in [2.05, 4.69) is 39.6 Å². The number of nitrogens with one attached hydrogen (secondary N) is 2. The van der Waals surface area contributed by atoms with Crippen LogP contribution < -0.4 is 10.7 Å².